The molecule has 1 aromatic carbocycles. The van der Waals surface area contributed by atoms with E-state index in [0.29, 0.717) is 0 Å². The minimum absolute atomic E-state index is 0.160. The van der Waals surface area contributed by atoms with E-state index >= 15 is 0 Å². The fourth-order valence-corrected chi connectivity index (χ4v) is 3.38. The van der Waals surface area contributed by atoms with Gasteiger partial charge in [0.25, 0.3) is 0 Å². The minimum Gasteiger partial charge on any atom is -0.467 e. The molecule has 1 N–H and O–H groups in total. The van der Waals surface area contributed by atoms with Gasteiger partial charge in [-0.15, -0.1) is 11.3 Å². The fraction of sp³-hybridized carbons (Fsp3) is 0.250. The lowest BCUT2D eigenvalue weighted by atomic mass is 10.1. The first-order chi connectivity index (χ1) is 9.38. The summed E-state index contributed by atoms with van der Waals surface area (Å²) in [5.41, 5.74) is 0. The number of hydrogen-bond donors (Lipinski definition) is 1. The third-order valence-electron chi connectivity index (χ3n) is 3.16. The standard InChI is InChI=1S/C16H17NOS/c1-2-9-17-16(13-7-5-10-18-13)15-11-12-6-3-4-8-14(12)19-15/h3-8,10-11,16-17H,2,9H2,1H3. The Hall–Kier alpha value is -1.58. The monoisotopic (exact) mass is 271 g/mol. The van der Waals surface area contributed by atoms with Gasteiger partial charge >= 0.3 is 0 Å². The third kappa shape index (κ3) is 2.57. The quantitative estimate of drug-likeness (QED) is 0.734. The van der Waals surface area contributed by atoms with E-state index in [1.165, 1.54) is 15.0 Å². The summed E-state index contributed by atoms with van der Waals surface area (Å²) in [5, 5.41) is 4.87. The lowest BCUT2D eigenvalue weighted by Gasteiger charge is -2.14. The van der Waals surface area contributed by atoms with Crippen molar-refractivity contribution in [1.82, 2.24) is 5.32 Å². The number of fused-ring (bicyclic) bond motifs is 1. The number of furan rings is 1. The lowest BCUT2D eigenvalue weighted by Crippen LogP contribution is -2.21. The lowest BCUT2D eigenvalue weighted by molar-refractivity contribution is 0.450. The van der Waals surface area contributed by atoms with E-state index in [1.54, 1.807) is 6.26 Å². The normalized spacial score (nSPS) is 12.9. The fourth-order valence-electron chi connectivity index (χ4n) is 2.23. The van der Waals surface area contributed by atoms with Gasteiger partial charge in [-0.1, -0.05) is 25.1 Å². The van der Waals surface area contributed by atoms with Crippen LogP contribution >= 0.6 is 11.3 Å². The summed E-state index contributed by atoms with van der Waals surface area (Å²) in [7, 11) is 0. The van der Waals surface area contributed by atoms with Crippen molar-refractivity contribution >= 4 is 21.4 Å². The maximum Gasteiger partial charge on any atom is 0.126 e. The van der Waals surface area contributed by atoms with Crippen LogP contribution in [0, 0.1) is 0 Å². The van der Waals surface area contributed by atoms with Gasteiger partial charge in [0.05, 0.1) is 6.26 Å². The first kappa shape index (κ1) is 12.5. The molecule has 0 amide bonds. The summed E-state index contributed by atoms with van der Waals surface area (Å²) < 4.78 is 6.91. The molecule has 0 radical (unpaired) electrons. The van der Waals surface area contributed by atoms with Gasteiger partial charge in [-0.3, -0.25) is 0 Å². The van der Waals surface area contributed by atoms with Crippen molar-refractivity contribution in [2.24, 2.45) is 0 Å². The summed E-state index contributed by atoms with van der Waals surface area (Å²) in [6.07, 6.45) is 2.85. The molecular formula is C16H17NOS. The van der Waals surface area contributed by atoms with E-state index < -0.39 is 0 Å². The highest BCUT2D eigenvalue weighted by Crippen LogP contribution is 2.33. The van der Waals surface area contributed by atoms with Gasteiger partial charge in [-0.2, -0.15) is 0 Å². The average molecular weight is 271 g/mol. The molecule has 0 fully saturated rings. The second-order valence-corrected chi connectivity index (χ2v) is 5.70. The molecule has 3 heteroatoms. The zero-order valence-corrected chi connectivity index (χ0v) is 11.7. The van der Waals surface area contributed by atoms with Crippen LogP contribution in [-0.2, 0) is 0 Å². The summed E-state index contributed by atoms with van der Waals surface area (Å²) in [6.45, 7) is 3.16. The van der Waals surface area contributed by atoms with Crippen LogP contribution in [0.1, 0.15) is 30.0 Å². The highest BCUT2D eigenvalue weighted by molar-refractivity contribution is 7.19. The number of hydrogen-bond acceptors (Lipinski definition) is 3. The molecule has 2 heterocycles. The SMILES string of the molecule is CCCNC(c1ccco1)c1cc2ccccc2s1. The van der Waals surface area contributed by atoms with Crippen molar-refractivity contribution < 1.29 is 4.42 Å². The molecule has 1 atom stereocenters. The summed E-state index contributed by atoms with van der Waals surface area (Å²) in [5.74, 6) is 0.986. The Kier molecular flexibility index (Phi) is 3.67. The summed E-state index contributed by atoms with van der Waals surface area (Å²) in [6, 6.07) is 14.9. The molecule has 0 saturated carbocycles. The first-order valence-electron chi connectivity index (χ1n) is 6.63. The molecule has 0 aliphatic carbocycles. The number of rotatable bonds is 5. The van der Waals surface area contributed by atoms with Gasteiger partial charge in [-0.25, -0.2) is 0 Å². The summed E-state index contributed by atoms with van der Waals surface area (Å²) in [4.78, 5) is 1.31. The van der Waals surface area contributed by atoms with Crippen LogP contribution in [0.4, 0.5) is 0 Å². The van der Waals surface area contributed by atoms with Crippen LogP contribution < -0.4 is 5.32 Å². The molecule has 2 aromatic heterocycles. The molecule has 98 valence electrons. The van der Waals surface area contributed by atoms with Crippen molar-refractivity contribution in [3.8, 4) is 0 Å². The minimum atomic E-state index is 0.160. The first-order valence-corrected chi connectivity index (χ1v) is 7.45. The molecule has 0 saturated heterocycles. The van der Waals surface area contributed by atoms with E-state index in [-0.39, 0.29) is 6.04 Å². The van der Waals surface area contributed by atoms with Crippen LogP contribution in [0.25, 0.3) is 10.1 Å². The van der Waals surface area contributed by atoms with E-state index in [9.17, 15) is 0 Å². The van der Waals surface area contributed by atoms with Gasteiger partial charge in [0.15, 0.2) is 0 Å². The van der Waals surface area contributed by atoms with E-state index in [1.807, 2.05) is 23.5 Å². The van der Waals surface area contributed by atoms with Crippen molar-refractivity contribution in [2.75, 3.05) is 6.54 Å². The van der Waals surface area contributed by atoms with Gasteiger partial charge in [0.2, 0.25) is 0 Å². The molecule has 1 unspecified atom stereocenters. The van der Waals surface area contributed by atoms with E-state index in [4.69, 9.17) is 4.42 Å². The smallest absolute Gasteiger partial charge is 0.126 e. The summed E-state index contributed by atoms with van der Waals surface area (Å²) >= 11 is 1.83. The maximum atomic E-state index is 5.59. The number of thiophene rings is 1. The largest absolute Gasteiger partial charge is 0.467 e. The molecule has 3 rings (SSSR count). The Morgan fingerprint density at radius 1 is 1.21 bits per heavy atom. The Morgan fingerprint density at radius 2 is 2.11 bits per heavy atom. The van der Waals surface area contributed by atoms with Crippen LogP contribution in [0.15, 0.2) is 53.1 Å². The van der Waals surface area contributed by atoms with E-state index in [2.05, 4.69) is 42.6 Å². The molecule has 0 aliphatic rings. The van der Waals surface area contributed by atoms with Crippen LogP contribution in [0.5, 0.6) is 0 Å². The predicted octanol–water partition coefficient (Wildman–Crippen LogP) is 4.58. The molecular weight excluding hydrogens is 254 g/mol. The second kappa shape index (κ2) is 5.59. The maximum absolute atomic E-state index is 5.59. The Labute approximate surface area is 117 Å². The van der Waals surface area contributed by atoms with E-state index in [0.717, 1.165) is 18.7 Å². The molecule has 2 nitrogen and oxygen atoms in total. The van der Waals surface area contributed by atoms with Crippen molar-refractivity contribution in [1.29, 1.82) is 0 Å². The van der Waals surface area contributed by atoms with Gasteiger partial charge in [0.1, 0.15) is 11.8 Å². The van der Waals surface area contributed by atoms with Crippen LogP contribution in [0.3, 0.4) is 0 Å². The zero-order valence-electron chi connectivity index (χ0n) is 10.9. The molecule has 0 aliphatic heterocycles. The molecule has 0 spiro atoms. The topological polar surface area (TPSA) is 25.2 Å². The van der Waals surface area contributed by atoms with Crippen molar-refractivity contribution in [2.45, 2.75) is 19.4 Å². The Bertz CT molecular complexity index is 609. The van der Waals surface area contributed by atoms with Gasteiger partial charge < -0.3 is 9.73 Å². The van der Waals surface area contributed by atoms with Crippen molar-refractivity contribution in [3.05, 3.63) is 59.4 Å². The molecule has 3 aromatic rings. The second-order valence-electron chi connectivity index (χ2n) is 4.59. The highest BCUT2D eigenvalue weighted by atomic mass is 32.1. The number of benzene rings is 1. The predicted molar refractivity (Wildman–Crippen MR) is 80.7 cm³/mol. The molecule has 0 bridgehead atoms. The van der Waals surface area contributed by atoms with Crippen LogP contribution in [-0.4, -0.2) is 6.54 Å². The molecule has 19 heavy (non-hydrogen) atoms. The Morgan fingerprint density at radius 3 is 2.84 bits per heavy atom. The Balaban J connectivity index is 1.98. The van der Waals surface area contributed by atoms with Gasteiger partial charge in [0, 0.05) is 9.58 Å². The third-order valence-corrected chi connectivity index (χ3v) is 4.34. The zero-order chi connectivity index (χ0) is 13.1. The van der Waals surface area contributed by atoms with Crippen molar-refractivity contribution in [3.63, 3.8) is 0 Å². The highest BCUT2D eigenvalue weighted by Gasteiger charge is 2.18. The van der Waals surface area contributed by atoms with Gasteiger partial charge in [-0.05, 0) is 42.6 Å². The van der Waals surface area contributed by atoms with Crippen LogP contribution in [0.2, 0.25) is 0 Å². The average Bonchev–Trinajstić information content (AvgIpc) is 3.08. The number of nitrogens with one attached hydrogen (secondary N) is 1.